The zero-order valence-corrected chi connectivity index (χ0v) is 11.5. The Morgan fingerprint density at radius 3 is 2.21 bits per heavy atom. The van der Waals surface area contributed by atoms with Crippen molar-refractivity contribution < 1.29 is 19.5 Å². The largest absolute Gasteiger partial charge is 0.481 e. The summed E-state index contributed by atoms with van der Waals surface area (Å²) >= 11 is 0. The summed E-state index contributed by atoms with van der Waals surface area (Å²) in [7, 11) is 0. The van der Waals surface area contributed by atoms with E-state index in [2.05, 4.69) is 17.6 Å². The maximum atomic E-state index is 11.3. The third kappa shape index (κ3) is 12.7. The monoisotopic (exact) mass is 272 g/mol. The van der Waals surface area contributed by atoms with Crippen molar-refractivity contribution in [1.82, 2.24) is 10.6 Å². The van der Waals surface area contributed by atoms with Gasteiger partial charge in [-0.15, -0.1) is 0 Å². The predicted octanol–water partition coefficient (Wildman–Crippen LogP) is 1.05. The van der Waals surface area contributed by atoms with Crippen LogP contribution in [-0.4, -0.2) is 36.0 Å². The first-order valence-electron chi connectivity index (χ1n) is 6.81. The van der Waals surface area contributed by atoms with Gasteiger partial charge in [0, 0.05) is 19.4 Å². The minimum atomic E-state index is -0.828. The van der Waals surface area contributed by atoms with Crippen molar-refractivity contribution in [1.29, 1.82) is 0 Å². The van der Waals surface area contributed by atoms with Crippen LogP contribution in [0, 0.1) is 0 Å². The van der Waals surface area contributed by atoms with E-state index in [0.29, 0.717) is 25.8 Å². The fourth-order valence-electron chi connectivity index (χ4n) is 1.49. The molecule has 0 aromatic carbocycles. The second-order valence-electron chi connectivity index (χ2n) is 4.43. The number of amides is 2. The molecule has 3 N–H and O–H groups in total. The lowest BCUT2D eigenvalue weighted by molar-refractivity contribution is -0.137. The number of rotatable bonds is 11. The summed E-state index contributed by atoms with van der Waals surface area (Å²) in [5.41, 5.74) is 0. The quantitative estimate of drug-likeness (QED) is 0.490. The van der Waals surface area contributed by atoms with Crippen LogP contribution in [0.2, 0.25) is 0 Å². The first kappa shape index (κ1) is 17.4. The average Bonchev–Trinajstić information content (AvgIpc) is 2.36. The van der Waals surface area contributed by atoms with Crippen LogP contribution in [0.25, 0.3) is 0 Å². The topological polar surface area (TPSA) is 95.5 Å². The summed E-state index contributed by atoms with van der Waals surface area (Å²) in [6.07, 6.45) is 4.66. The molecule has 6 nitrogen and oxygen atoms in total. The molecule has 0 saturated carbocycles. The molecule has 0 unspecified atom stereocenters. The number of nitrogens with one attached hydrogen (secondary N) is 2. The molecule has 19 heavy (non-hydrogen) atoms. The minimum absolute atomic E-state index is 0.0100. The highest BCUT2D eigenvalue weighted by molar-refractivity contribution is 5.84. The molecule has 0 radical (unpaired) electrons. The van der Waals surface area contributed by atoms with E-state index in [4.69, 9.17) is 5.11 Å². The van der Waals surface area contributed by atoms with Crippen molar-refractivity contribution in [3.05, 3.63) is 0 Å². The molecular weight excluding hydrogens is 248 g/mol. The highest BCUT2D eigenvalue weighted by atomic mass is 16.4. The molecule has 0 bridgehead atoms. The predicted molar refractivity (Wildman–Crippen MR) is 71.6 cm³/mol. The zero-order chi connectivity index (χ0) is 14.5. The number of carbonyl (C=O) groups is 3. The summed E-state index contributed by atoms with van der Waals surface area (Å²) < 4.78 is 0. The van der Waals surface area contributed by atoms with Gasteiger partial charge in [-0.3, -0.25) is 14.4 Å². The Bertz CT molecular complexity index is 292. The Morgan fingerprint density at radius 1 is 0.895 bits per heavy atom. The van der Waals surface area contributed by atoms with E-state index >= 15 is 0 Å². The molecule has 0 spiro atoms. The van der Waals surface area contributed by atoms with Crippen LogP contribution in [-0.2, 0) is 14.4 Å². The van der Waals surface area contributed by atoms with Crippen LogP contribution in [0.4, 0.5) is 0 Å². The van der Waals surface area contributed by atoms with Gasteiger partial charge in [0.1, 0.15) is 0 Å². The van der Waals surface area contributed by atoms with Gasteiger partial charge >= 0.3 is 5.97 Å². The second-order valence-corrected chi connectivity index (χ2v) is 4.43. The molecule has 110 valence electrons. The normalized spacial score (nSPS) is 9.95. The summed E-state index contributed by atoms with van der Waals surface area (Å²) in [6, 6.07) is 0. The Kier molecular flexibility index (Phi) is 10.5. The lowest BCUT2D eigenvalue weighted by Crippen LogP contribution is -2.37. The van der Waals surface area contributed by atoms with Gasteiger partial charge in [-0.1, -0.05) is 19.8 Å². The molecule has 0 aliphatic rings. The Hall–Kier alpha value is -1.59. The van der Waals surface area contributed by atoms with Crippen LogP contribution >= 0.6 is 0 Å². The van der Waals surface area contributed by atoms with E-state index < -0.39 is 5.97 Å². The number of carbonyl (C=O) groups excluding carboxylic acids is 2. The van der Waals surface area contributed by atoms with E-state index in [-0.39, 0.29) is 24.8 Å². The first-order chi connectivity index (χ1) is 9.06. The number of carboxylic acid groups (broad SMARTS) is 1. The van der Waals surface area contributed by atoms with Crippen LogP contribution in [0.5, 0.6) is 0 Å². The fourth-order valence-corrected chi connectivity index (χ4v) is 1.49. The van der Waals surface area contributed by atoms with Gasteiger partial charge in [-0.25, -0.2) is 0 Å². The van der Waals surface area contributed by atoms with E-state index in [0.717, 1.165) is 19.3 Å². The van der Waals surface area contributed by atoms with Crippen LogP contribution in [0.3, 0.4) is 0 Å². The highest BCUT2D eigenvalue weighted by Crippen LogP contribution is 1.98. The number of hydrogen-bond donors (Lipinski definition) is 3. The van der Waals surface area contributed by atoms with Crippen molar-refractivity contribution >= 4 is 17.8 Å². The van der Waals surface area contributed by atoms with Gasteiger partial charge in [-0.05, 0) is 19.3 Å². The summed E-state index contributed by atoms with van der Waals surface area (Å²) in [6.45, 7) is 2.50. The Balaban J connectivity index is 3.43. The van der Waals surface area contributed by atoms with Crippen LogP contribution in [0.1, 0.15) is 51.9 Å². The smallest absolute Gasteiger partial charge is 0.303 e. The highest BCUT2D eigenvalue weighted by Gasteiger charge is 2.04. The number of carboxylic acids is 1. The maximum Gasteiger partial charge on any atom is 0.303 e. The Morgan fingerprint density at radius 2 is 1.58 bits per heavy atom. The Labute approximate surface area is 113 Å². The lowest BCUT2D eigenvalue weighted by atomic mass is 10.2. The standard InChI is InChI=1S/C13H24N2O4/c1-2-3-4-7-11(16)15-10-12(17)14-9-6-5-8-13(18)19/h2-10H2,1H3,(H,14,17)(H,15,16)(H,18,19). The number of aliphatic carboxylic acids is 1. The van der Waals surface area contributed by atoms with E-state index in [9.17, 15) is 14.4 Å². The van der Waals surface area contributed by atoms with Gasteiger partial charge in [0.25, 0.3) is 0 Å². The van der Waals surface area contributed by atoms with Crippen molar-refractivity contribution in [2.24, 2.45) is 0 Å². The van der Waals surface area contributed by atoms with Crippen molar-refractivity contribution in [2.45, 2.75) is 51.9 Å². The van der Waals surface area contributed by atoms with E-state index in [1.165, 1.54) is 0 Å². The molecule has 0 heterocycles. The van der Waals surface area contributed by atoms with Gasteiger partial charge in [0.2, 0.25) is 11.8 Å². The zero-order valence-electron chi connectivity index (χ0n) is 11.5. The van der Waals surface area contributed by atoms with Gasteiger partial charge in [0.15, 0.2) is 0 Å². The molecule has 0 fully saturated rings. The van der Waals surface area contributed by atoms with E-state index in [1.807, 2.05) is 0 Å². The molecule has 0 atom stereocenters. The molecule has 6 heteroatoms. The molecule has 0 aromatic rings. The molecule has 2 amide bonds. The molecule has 0 aromatic heterocycles. The van der Waals surface area contributed by atoms with Gasteiger partial charge < -0.3 is 15.7 Å². The minimum Gasteiger partial charge on any atom is -0.481 e. The molecule has 0 aliphatic heterocycles. The fraction of sp³-hybridized carbons (Fsp3) is 0.769. The number of hydrogen-bond acceptors (Lipinski definition) is 3. The average molecular weight is 272 g/mol. The van der Waals surface area contributed by atoms with Gasteiger partial charge in [0.05, 0.1) is 6.54 Å². The SMILES string of the molecule is CCCCCC(=O)NCC(=O)NCCCCC(=O)O. The van der Waals surface area contributed by atoms with Gasteiger partial charge in [-0.2, -0.15) is 0 Å². The lowest BCUT2D eigenvalue weighted by Gasteiger charge is -2.06. The molecule has 0 saturated heterocycles. The van der Waals surface area contributed by atoms with Crippen molar-refractivity contribution in [3.63, 3.8) is 0 Å². The van der Waals surface area contributed by atoms with Crippen molar-refractivity contribution in [3.8, 4) is 0 Å². The maximum absolute atomic E-state index is 11.3. The third-order valence-electron chi connectivity index (χ3n) is 2.59. The molecular formula is C13H24N2O4. The van der Waals surface area contributed by atoms with Crippen LogP contribution < -0.4 is 10.6 Å². The van der Waals surface area contributed by atoms with Crippen LogP contribution in [0.15, 0.2) is 0 Å². The first-order valence-corrected chi connectivity index (χ1v) is 6.81. The third-order valence-corrected chi connectivity index (χ3v) is 2.59. The molecule has 0 rings (SSSR count). The summed E-state index contributed by atoms with van der Waals surface area (Å²) in [5, 5.41) is 13.6. The molecule has 0 aliphatic carbocycles. The number of unbranched alkanes of at least 4 members (excludes halogenated alkanes) is 3. The van der Waals surface area contributed by atoms with Crippen molar-refractivity contribution in [2.75, 3.05) is 13.1 Å². The summed E-state index contributed by atoms with van der Waals surface area (Å²) in [5.74, 6) is -1.17. The second kappa shape index (κ2) is 11.5. The summed E-state index contributed by atoms with van der Waals surface area (Å²) in [4.78, 5) is 32.9. The van der Waals surface area contributed by atoms with E-state index in [1.54, 1.807) is 0 Å².